The van der Waals surface area contributed by atoms with Crippen LogP contribution >= 0.6 is 34.8 Å². The van der Waals surface area contributed by atoms with E-state index < -0.39 is 23.6 Å². The van der Waals surface area contributed by atoms with Crippen LogP contribution in [0.25, 0.3) is 5.69 Å². The zero-order valence-corrected chi connectivity index (χ0v) is 15.2. The molecule has 1 unspecified atom stereocenters. The summed E-state index contributed by atoms with van der Waals surface area (Å²) in [5.74, 6) is -0.846. The third kappa shape index (κ3) is 3.96. The van der Waals surface area contributed by atoms with Crippen LogP contribution in [0.4, 0.5) is 8.78 Å². The van der Waals surface area contributed by atoms with E-state index in [0.717, 1.165) is 4.68 Å². The van der Waals surface area contributed by atoms with Crippen molar-refractivity contribution in [2.75, 3.05) is 7.11 Å². The number of halogens is 5. The number of methoxy groups -OCH3 is 1. The molecule has 1 heterocycles. The van der Waals surface area contributed by atoms with E-state index in [2.05, 4.69) is 9.84 Å². The van der Waals surface area contributed by atoms with Crippen LogP contribution in [0, 0.1) is 6.92 Å². The van der Waals surface area contributed by atoms with Gasteiger partial charge < -0.3 is 4.74 Å². The molecule has 1 aromatic heterocycles. The van der Waals surface area contributed by atoms with Crippen molar-refractivity contribution in [3.63, 3.8) is 0 Å². The summed E-state index contributed by atoms with van der Waals surface area (Å²) in [5, 5.41) is 3.00. The van der Waals surface area contributed by atoms with Crippen molar-refractivity contribution in [2.45, 2.75) is 25.3 Å². The zero-order chi connectivity index (χ0) is 18.9. The Hall–Kier alpha value is -1.64. The summed E-state index contributed by atoms with van der Waals surface area (Å²) in [4.78, 5) is 23.6. The van der Waals surface area contributed by atoms with Gasteiger partial charge in [0.2, 0.25) is 0 Å². The predicted octanol–water partition coefficient (Wildman–Crippen LogP) is 3.37. The van der Waals surface area contributed by atoms with Crippen molar-refractivity contribution in [3.05, 3.63) is 44.1 Å². The molecule has 2 aromatic rings. The summed E-state index contributed by atoms with van der Waals surface area (Å²) in [6.07, 6.45) is -0.0134. The van der Waals surface area contributed by atoms with Gasteiger partial charge in [-0.1, -0.05) is 23.2 Å². The van der Waals surface area contributed by atoms with Gasteiger partial charge in [-0.2, -0.15) is 13.5 Å². The van der Waals surface area contributed by atoms with Crippen molar-refractivity contribution in [2.24, 2.45) is 0 Å². The van der Waals surface area contributed by atoms with E-state index in [1.807, 2.05) is 0 Å². The van der Waals surface area contributed by atoms with Crippen LogP contribution < -0.4 is 5.69 Å². The first kappa shape index (κ1) is 19.7. The van der Waals surface area contributed by atoms with Gasteiger partial charge >= 0.3 is 18.2 Å². The fourth-order valence-electron chi connectivity index (χ4n) is 2.16. The number of rotatable bonds is 5. The first-order chi connectivity index (χ1) is 11.7. The van der Waals surface area contributed by atoms with Gasteiger partial charge in [-0.05, 0) is 24.6 Å². The molecule has 1 aromatic carbocycles. The van der Waals surface area contributed by atoms with E-state index in [9.17, 15) is 18.4 Å². The largest absolute Gasteiger partial charge is 0.468 e. The van der Waals surface area contributed by atoms with Gasteiger partial charge in [-0.3, -0.25) is 4.79 Å². The average molecular weight is 415 g/mol. The van der Waals surface area contributed by atoms with E-state index in [1.54, 1.807) is 0 Å². The summed E-state index contributed by atoms with van der Waals surface area (Å²) < 4.78 is 31.4. The summed E-state index contributed by atoms with van der Waals surface area (Å²) in [5.41, 5.74) is -0.636. The number of aromatic nitrogens is 3. The maximum Gasteiger partial charge on any atom is 0.355 e. The van der Waals surface area contributed by atoms with Crippen LogP contribution in [0.1, 0.15) is 17.9 Å². The second kappa shape index (κ2) is 7.72. The highest BCUT2D eigenvalue weighted by atomic mass is 35.5. The van der Waals surface area contributed by atoms with E-state index in [0.29, 0.717) is 5.56 Å². The van der Waals surface area contributed by atoms with Crippen molar-refractivity contribution >= 4 is 40.8 Å². The summed E-state index contributed by atoms with van der Waals surface area (Å²) in [6.45, 7) is -1.78. The molecule has 0 spiro atoms. The fourth-order valence-corrected chi connectivity index (χ4v) is 2.96. The van der Waals surface area contributed by atoms with Gasteiger partial charge in [-0.25, -0.2) is 9.36 Å². The quantitative estimate of drug-likeness (QED) is 0.556. The molecule has 0 saturated heterocycles. The number of carbonyl (C=O) groups excluding carboxylic acids is 1. The second-order valence-corrected chi connectivity index (χ2v) is 6.32. The number of hydrogen-bond acceptors (Lipinski definition) is 4. The number of aryl methyl sites for hydroxylation is 1. The lowest BCUT2D eigenvalue weighted by atomic mass is 10.1. The normalized spacial score (nSPS) is 12.5. The van der Waals surface area contributed by atoms with E-state index in [4.69, 9.17) is 34.8 Å². The Bertz CT molecular complexity index is 867. The van der Waals surface area contributed by atoms with Crippen LogP contribution in [-0.4, -0.2) is 32.8 Å². The van der Waals surface area contributed by atoms with Crippen molar-refractivity contribution < 1.29 is 18.3 Å². The molecule has 6 nitrogen and oxygen atoms in total. The SMILES string of the molecule is COC(=O)C(Cl)Cc1cc(-n2nc(C)n(C(F)F)c2=O)c(Cl)cc1Cl. The fraction of sp³-hybridized carbons (Fsp3) is 0.357. The third-order valence-electron chi connectivity index (χ3n) is 3.38. The summed E-state index contributed by atoms with van der Waals surface area (Å²) >= 11 is 18.1. The molecule has 0 bridgehead atoms. The highest BCUT2D eigenvalue weighted by Crippen LogP contribution is 2.29. The molecule has 0 amide bonds. The lowest BCUT2D eigenvalue weighted by molar-refractivity contribution is -0.140. The van der Waals surface area contributed by atoms with Gasteiger partial charge in [0, 0.05) is 11.4 Å². The molecule has 0 aliphatic rings. The Labute approximate surface area is 155 Å². The molecular weight excluding hydrogens is 403 g/mol. The Morgan fingerprint density at radius 1 is 1.32 bits per heavy atom. The van der Waals surface area contributed by atoms with Gasteiger partial charge in [0.15, 0.2) is 0 Å². The highest BCUT2D eigenvalue weighted by Gasteiger charge is 2.22. The van der Waals surface area contributed by atoms with E-state index in [1.165, 1.54) is 26.2 Å². The van der Waals surface area contributed by atoms with Crippen LogP contribution in [-0.2, 0) is 16.0 Å². The topological polar surface area (TPSA) is 66.1 Å². The second-order valence-electron chi connectivity index (χ2n) is 4.98. The molecule has 0 aliphatic carbocycles. The standard InChI is InChI=1S/C14H12Cl3F2N3O3/c1-6-20-22(14(24)21(6)13(18)19)11-4-7(8(15)5-9(11)16)3-10(17)12(23)25-2/h4-5,10,13H,3H2,1-2H3. The molecule has 1 atom stereocenters. The third-order valence-corrected chi connectivity index (χ3v) is 4.36. The van der Waals surface area contributed by atoms with Gasteiger partial charge in [0.25, 0.3) is 0 Å². The molecule has 0 N–H and O–H groups in total. The lowest BCUT2D eigenvalue weighted by Crippen LogP contribution is -2.25. The molecule has 0 radical (unpaired) electrons. The molecular formula is C14H12Cl3F2N3O3. The predicted molar refractivity (Wildman–Crippen MR) is 89.2 cm³/mol. The van der Waals surface area contributed by atoms with Crippen LogP contribution in [0.15, 0.2) is 16.9 Å². The molecule has 2 rings (SSSR count). The van der Waals surface area contributed by atoms with E-state index in [-0.39, 0.29) is 32.5 Å². The highest BCUT2D eigenvalue weighted by molar-refractivity contribution is 6.36. The number of esters is 1. The minimum Gasteiger partial charge on any atom is -0.468 e. The lowest BCUT2D eigenvalue weighted by Gasteiger charge is -2.12. The Morgan fingerprint density at radius 3 is 2.48 bits per heavy atom. The van der Waals surface area contributed by atoms with Crippen molar-refractivity contribution in [1.82, 2.24) is 14.3 Å². The summed E-state index contributed by atoms with van der Waals surface area (Å²) in [6, 6.07) is 2.68. The number of hydrogen-bond donors (Lipinski definition) is 0. The first-order valence-electron chi connectivity index (χ1n) is 6.83. The smallest absolute Gasteiger partial charge is 0.355 e. The average Bonchev–Trinajstić information content (AvgIpc) is 2.83. The van der Waals surface area contributed by atoms with E-state index >= 15 is 0 Å². The molecule has 11 heteroatoms. The molecule has 0 fully saturated rings. The minimum absolute atomic E-state index is 0.0134. The van der Waals surface area contributed by atoms with Crippen LogP contribution in [0.2, 0.25) is 10.0 Å². The first-order valence-corrected chi connectivity index (χ1v) is 8.03. The Balaban J connectivity index is 2.53. The maximum absolute atomic E-state index is 12.9. The van der Waals surface area contributed by atoms with Crippen LogP contribution in [0.5, 0.6) is 0 Å². The van der Waals surface area contributed by atoms with Gasteiger partial charge in [0.1, 0.15) is 11.2 Å². The molecule has 0 saturated carbocycles. The number of benzene rings is 1. The number of ether oxygens (including phenoxy) is 1. The van der Waals surface area contributed by atoms with Gasteiger partial charge in [-0.15, -0.1) is 16.7 Å². The maximum atomic E-state index is 12.9. The Kier molecular flexibility index (Phi) is 6.08. The zero-order valence-electron chi connectivity index (χ0n) is 13.0. The van der Waals surface area contributed by atoms with Crippen LogP contribution in [0.3, 0.4) is 0 Å². The monoisotopic (exact) mass is 413 g/mol. The van der Waals surface area contributed by atoms with Gasteiger partial charge in [0.05, 0.1) is 17.8 Å². The van der Waals surface area contributed by atoms with Crippen molar-refractivity contribution in [3.8, 4) is 5.69 Å². The number of alkyl halides is 3. The van der Waals surface area contributed by atoms with Crippen molar-refractivity contribution in [1.29, 1.82) is 0 Å². The number of nitrogens with zero attached hydrogens (tertiary/aromatic N) is 3. The molecule has 25 heavy (non-hydrogen) atoms. The molecule has 0 aliphatic heterocycles. The Morgan fingerprint density at radius 2 is 1.96 bits per heavy atom. The number of carbonyl (C=O) groups is 1. The molecule has 136 valence electrons. The minimum atomic E-state index is -3.04. The summed E-state index contributed by atoms with van der Waals surface area (Å²) in [7, 11) is 1.19.